The first kappa shape index (κ1) is 16.1. The van der Waals surface area contributed by atoms with Gasteiger partial charge in [-0.05, 0) is 12.8 Å². The summed E-state index contributed by atoms with van der Waals surface area (Å²) >= 11 is 5.51. The fraction of sp³-hybridized carbons (Fsp3) is 1.00. The van der Waals surface area contributed by atoms with Crippen molar-refractivity contribution >= 4 is 31.5 Å². The summed E-state index contributed by atoms with van der Waals surface area (Å²) < 4.78 is 47.3. The lowest BCUT2D eigenvalue weighted by atomic mass is 10.3. The zero-order valence-corrected chi connectivity index (χ0v) is 12.0. The first-order valence-electron chi connectivity index (χ1n) is 4.79. The Balaban J connectivity index is 4.38. The van der Waals surface area contributed by atoms with Crippen LogP contribution < -0.4 is 4.72 Å². The third kappa shape index (κ3) is 8.32. The predicted octanol–water partition coefficient (Wildman–Crippen LogP) is 0.214. The van der Waals surface area contributed by atoms with E-state index in [1.165, 1.54) is 6.92 Å². The summed E-state index contributed by atoms with van der Waals surface area (Å²) in [5.41, 5.74) is 0. The van der Waals surface area contributed by atoms with Crippen LogP contribution in [0.25, 0.3) is 0 Å². The summed E-state index contributed by atoms with van der Waals surface area (Å²) in [7, 11) is -6.65. The molecule has 0 spiro atoms. The topological polar surface area (TPSA) is 80.3 Å². The fourth-order valence-electron chi connectivity index (χ4n) is 1.26. The van der Waals surface area contributed by atoms with Crippen LogP contribution in [0.3, 0.4) is 0 Å². The van der Waals surface area contributed by atoms with Crippen LogP contribution in [-0.2, 0) is 19.9 Å². The van der Waals surface area contributed by atoms with E-state index in [0.29, 0.717) is 0 Å². The molecule has 0 saturated heterocycles. The molecule has 0 aromatic heterocycles. The minimum Gasteiger partial charge on any atom is -0.229 e. The number of alkyl halides is 1. The highest BCUT2D eigenvalue weighted by Gasteiger charge is 2.20. The van der Waals surface area contributed by atoms with Crippen molar-refractivity contribution in [2.24, 2.45) is 5.92 Å². The summed E-state index contributed by atoms with van der Waals surface area (Å²) in [6.07, 6.45) is 1.07. The average molecular weight is 292 g/mol. The van der Waals surface area contributed by atoms with E-state index in [-0.39, 0.29) is 23.3 Å². The van der Waals surface area contributed by atoms with Gasteiger partial charge in [-0.25, -0.2) is 21.6 Å². The first-order valence-corrected chi connectivity index (χ1v) is 9.04. The van der Waals surface area contributed by atoms with E-state index in [9.17, 15) is 16.8 Å². The van der Waals surface area contributed by atoms with Crippen molar-refractivity contribution in [1.82, 2.24) is 4.72 Å². The minimum absolute atomic E-state index is 0.0927. The van der Waals surface area contributed by atoms with Gasteiger partial charge in [-0.15, -0.1) is 11.6 Å². The molecule has 0 bridgehead atoms. The van der Waals surface area contributed by atoms with Gasteiger partial charge in [-0.1, -0.05) is 6.92 Å². The van der Waals surface area contributed by atoms with Gasteiger partial charge in [0.25, 0.3) is 0 Å². The molecular formula is C8H18ClNO4S2. The Kier molecular flexibility index (Phi) is 6.24. The normalized spacial score (nSPS) is 17.0. The first-order chi connectivity index (χ1) is 7.06. The van der Waals surface area contributed by atoms with Crippen molar-refractivity contribution in [3.8, 4) is 0 Å². The smallest absolute Gasteiger partial charge is 0.212 e. The van der Waals surface area contributed by atoms with Crippen molar-refractivity contribution in [1.29, 1.82) is 0 Å². The van der Waals surface area contributed by atoms with Crippen LogP contribution in [0.1, 0.15) is 13.8 Å². The van der Waals surface area contributed by atoms with Gasteiger partial charge in [-0.3, -0.25) is 0 Å². The van der Waals surface area contributed by atoms with Gasteiger partial charge in [0, 0.05) is 18.2 Å². The second-order valence-electron chi connectivity index (χ2n) is 4.15. The largest absolute Gasteiger partial charge is 0.229 e. The Labute approximate surface area is 103 Å². The molecule has 1 N–H and O–H groups in total. The monoisotopic (exact) mass is 291 g/mol. The van der Waals surface area contributed by atoms with Crippen molar-refractivity contribution in [2.75, 3.05) is 23.6 Å². The molecule has 0 aromatic rings. The van der Waals surface area contributed by atoms with E-state index in [0.717, 1.165) is 6.26 Å². The number of rotatable bonds is 7. The highest BCUT2D eigenvalue weighted by Crippen LogP contribution is 2.03. The lowest BCUT2D eigenvalue weighted by molar-refractivity contribution is 0.554. The van der Waals surface area contributed by atoms with Gasteiger partial charge in [0.15, 0.2) is 0 Å². The van der Waals surface area contributed by atoms with Crippen LogP contribution in [0.2, 0.25) is 0 Å². The Morgan fingerprint density at radius 3 is 2.00 bits per heavy atom. The molecule has 16 heavy (non-hydrogen) atoms. The Hall–Kier alpha value is 0.150. The number of nitrogens with one attached hydrogen (secondary N) is 1. The van der Waals surface area contributed by atoms with Crippen LogP contribution in [-0.4, -0.2) is 46.5 Å². The van der Waals surface area contributed by atoms with Gasteiger partial charge >= 0.3 is 0 Å². The van der Waals surface area contributed by atoms with Gasteiger partial charge in [0.05, 0.1) is 11.5 Å². The van der Waals surface area contributed by atoms with Crippen LogP contribution >= 0.6 is 11.6 Å². The molecular weight excluding hydrogens is 274 g/mol. The second-order valence-corrected chi connectivity index (χ2v) is 8.44. The summed E-state index contributed by atoms with van der Waals surface area (Å²) in [5.74, 6) is -0.211. The zero-order chi connectivity index (χ0) is 13.0. The van der Waals surface area contributed by atoms with E-state index < -0.39 is 25.9 Å². The van der Waals surface area contributed by atoms with Crippen LogP contribution in [0.15, 0.2) is 0 Å². The fourth-order valence-corrected chi connectivity index (χ4v) is 4.26. The third-order valence-corrected chi connectivity index (χ3v) is 5.10. The standard InChI is InChI=1S/C8H18ClNO4S2/c1-7(4-9)5-16(13,14)10-8(2)6-15(3,11)12/h7-8,10H,4-6H2,1-3H3. The van der Waals surface area contributed by atoms with E-state index in [4.69, 9.17) is 11.6 Å². The Morgan fingerprint density at radius 1 is 1.12 bits per heavy atom. The van der Waals surface area contributed by atoms with Crippen molar-refractivity contribution in [3.05, 3.63) is 0 Å². The maximum atomic E-state index is 11.5. The molecule has 0 aliphatic heterocycles. The molecule has 0 radical (unpaired) electrons. The highest BCUT2D eigenvalue weighted by atomic mass is 35.5. The van der Waals surface area contributed by atoms with Gasteiger partial charge in [-0.2, -0.15) is 0 Å². The molecule has 0 aliphatic carbocycles. The second kappa shape index (κ2) is 6.18. The summed E-state index contributed by atoms with van der Waals surface area (Å²) in [5, 5.41) is 0. The SMILES string of the molecule is CC(CCl)CS(=O)(=O)NC(C)CS(C)(=O)=O. The molecule has 0 fully saturated rings. The maximum absolute atomic E-state index is 11.5. The van der Waals surface area contributed by atoms with Crippen molar-refractivity contribution in [3.63, 3.8) is 0 Å². The molecule has 0 aromatic carbocycles. The minimum atomic E-state index is -3.46. The third-order valence-electron chi connectivity index (χ3n) is 1.70. The van der Waals surface area contributed by atoms with E-state index >= 15 is 0 Å². The number of halogens is 1. The van der Waals surface area contributed by atoms with Gasteiger partial charge in [0.2, 0.25) is 10.0 Å². The number of hydrogen-bond acceptors (Lipinski definition) is 4. The molecule has 98 valence electrons. The molecule has 0 saturated carbocycles. The van der Waals surface area contributed by atoms with Gasteiger partial charge in [0.1, 0.15) is 9.84 Å². The molecule has 5 nitrogen and oxygen atoms in total. The van der Waals surface area contributed by atoms with E-state index in [1.54, 1.807) is 6.92 Å². The lowest BCUT2D eigenvalue weighted by Gasteiger charge is -2.15. The molecule has 2 unspecified atom stereocenters. The molecule has 0 aliphatic rings. The quantitative estimate of drug-likeness (QED) is 0.680. The summed E-state index contributed by atoms with van der Waals surface area (Å²) in [4.78, 5) is 0. The van der Waals surface area contributed by atoms with Crippen LogP contribution in [0.5, 0.6) is 0 Å². The average Bonchev–Trinajstić information content (AvgIpc) is 1.97. The number of hydrogen-bond donors (Lipinski definition) is 1. The summed E-state index contributed by atoms with van der Waals surface area (Å²) in [6.45, 7) is 3.23. The maximum Gasteiger partial charge on any atom is 0.212 e. The predicted molar refractivity (Wildman–Crippen MR) is 66.0 cm³/mol. The number of sulfone groups is 1. The van der Waals surface area contributed by atoms with Crippen molar-refractivity contribution < 1.29 is 16.8 Å². The van der Waals surface area contributed by atoms with Gasteiger partial charge < -0.3 is 0 Å². The Morgan fingerprint density at radius 2 is 1.62 bits per heavy atom. The van der Waals surface area contributed by atoms with E-state index in [1.807, 2.05) is 0 Å². The van der Waals surface area contributed by atoms with Crippen LogP contribution in [0.4, 0.5) is 0 Å². The molecule has 0 rings (SSSR count). The molecule has 8 heteroatoms. The molecule has 0 heterocycles. The molecule has 2 atom stereocenters. The highest BCUT2D eigenvalue weighted by molar-refractivity contribution is 7.91. The Bertz CT molecular complexity index is 404. The van der Waals surface area contributed by atoms with Crippen molar-refractivity contribution in [2.45, 2.75) is 19.9 Å². The molecule has 0 amide bonds. The van der Waals surface area contributed by atoms with E-state index in [2.05, 4.69) is 4.72 Å². The zero-order valence-electron chi connectivity index (χ0n) is 9.60. The summed E-state index contributed by atoms with van der Waals surface area (Å²) in [6, 6.07) is -0.623. The lowest BCUT2D eigenvalue weighted by Crippen LogP contribution is -2.39. The number of sulfonamides is 1. The van der Waals surface area contributed by atoms with Crippen LogP contribution in [0, 0.1) is 5.92 Å².